The Bertz CT molecular complexity index is 703. The third kappa shape index (κ3) is 2.80. The molecule has 1 saturated heterocycles. The first-order valence-electron chi connectivity index (χ1n) is 12.1. The SMILES string of the molecule is COC(=O)CC[C@@H](C)[C@H]1CC[C@H]2[C@@H]3CC[C@@H]4CC(=O)[C@H]5O[C@H]5[C@]4(C)[C@H]3CC[C@]12C. The van der Waals surface area contributed by atoms with Gasteiger partial charge in [-0.15, -0.1) is 0 Å². The molecule has 5 fully saturated rings. The van der Waals surface area contributed by atoms with Crippen molar-refractivity contribution in [2.24, 2.45) is 46.3 Å². The van der Waals surface area contributed by atoms with Crippen molar-refractivity contribution in [3.8, 4) is 0 Å². The maximum Gasteiger partial charge on any atom is 0.305 e. The first-order valence-corrected chi connectivity index (χ1v) is 12.1. The highest BCUT2D eigenvalue weighted by Crippen LogP contribution is 2.70. The Balaban J connectivity index is 1.34. The number of hydrogen-bond donors (Lipinski definition) is 0. The number of carbonyl (C=O) groups excluding carboxylic acids is 2. The summed E-state index contributed by atoms with van der Waals surface area (Å²) >= 11 is 0. The van der Waals surface area contributed by atoms with E-state index < -0.39 is 0 Å². The third-order valence-corrected chi connectivity index (χ3v) is 10.6. The lowest BCUT2D eigenvalue weighted by Crippen LogP contribution is -2.56. The molecule has 5 rings (SSSR count). The average Bonchev–Trinajstić information content (AvgIpc) is 3.44. The van der Waals surface area contributed by atoms with Crippen molar-refractivity contribution in [1.29, 1.82) is 0 Å². The highest BCUT2D eigenvalue weighted by atomic mass is 16.6. The number of ether oxygens (including phenoxy) is 2. The van der Waals surface area contributed by atoms with Crippen molar-refractivity contribution in [1.82, 2.24) is 0 Å². The van der Waals surface area contributed by atoms with Crippen LogP contribution < -0.4 is 0 Å². The Hall–Kier alpha value is -0.900. The summed E-state index contributed by atoms with van der Waals surface area (Å²) in [6.45, 7) is 7.40. The fraction of sp³-hybridized carbons (Fsp3) is 0.920. The zero-order chi connectivity index (χ0) is 20.6. The summed E-state index contributed by atoms with van der Waals surface area (Å²) in [5.74, 6) is 4.48. The fourth-order valence-electron chi connectivity index (χ4n) is 9.05. The van der Waals surface area contributed by atoms with Crippen LogP contribution in [-0.2, 0) is 19.1 Å². The minimum atomic E-state index is -0.0719. The standard InChI is InChI=1S/C25H38O4/c1-14(5-10-21(27)28-4)17-8-9-18-16-7-6-15-13-20(26)22-23(29-22)25(15,3)19(16)11-12-24(17,18)2/h14-19,22-23H,5-13H2,1-4H3/t14-,15-,16+,17-,18+,19+,22-,23-,24-,25+/m1/s1. The van der Waals surface area contributed by atoms with Gasteiger partial charge in [-0.2, -0.15) is 0 Å². The van der Waals surface area contributed by atoms with Gasteiger partial charge in [0.2, 0.25) is 0 Å². The van der Waals surface area contributed by atoms with Crippen molar-refractivity contribution >= 4 is 11.8 Å². The number of esters is 1. The van der Waals surface area contributed by atoms with Gasteiger partial charge in [0, 0.05) is 18.3 Å². The lowest BCUT2D eigenvalue weighted by molar-refractivity contribution is -0.141. The highest BCUT2D eigenvalue weighted by Gasteiger charge is 2.69. The molecular weight excluding hydrogens is 364 g/mol. The molecule has 5 aliphatic rings. The molecule has 0 N–H and O–H groups in total. The van der Waals surface area contributed by atoms with E-state index in [1.54, 1.807) is 0 Å². The molecule has 0 bridgehead atoms. The maximum atomic E-state index is 12.3. The van der Waals surface area contributed by atoms with E-state index in [1.807, 2.05) is 0 Å². The lowest BCUT2D eigenvalue weighted by Gasteiger charge is -2.59. The van der Waals surface area contributed by atoms with E-state index in [9.17, 15) is 9.59 Å². The molecule has 10 atom stereocenters. The minimum Gasteiger partial charge on any atom is -0.469 e. The van der Waals surface area contributed by atoms with Gasteiger partial charge < -0.3 is 9.47 Å². The normalized spacial score (nSPS) is 51.3. The number of Topliss-reactive ketones (excluding diaryl/α,β-unsaturated/α-hetero) is 1. The van der Waals surface area contributed by atoms with Gasteiger partial charge in [-0.05, 0) is 85.9 Å². The van der Waals surface area contributed by atoms with Gasteiger partial charge in [0.05, 0.1) is 13.2 Å². The number of carbonyl (C=O) groups is 2. The molecule has 0 amide bonds. The van der Waals surface area contributed by atoms with Crippen LogP contribution >= 0.6 is 0 Å². The zero-order valence-corrected chi connectivity index (χ0v) is 18.6. The van der Waals surface area contributed by atoms with E-state index in [2.05, 4.69) is 20.8 Å². The van der Waals surface area contributed by atoms with E-state index in [-0.39, 0.29) is 23.6 Å². The van der Waals surface area contributed by atoms with Crippen molar-refractivity contribution < 1.29 is 19.1 Å². The van der Waals surface area contributed by atoms with Crippen LogP contribution in [0.15, 0.2) is 0 Å². The minimum absolute atomic E-state index is 0.0713. The largest absolute Gasteiger partial charge is 0.469 e. The zero-order valence-electron chi connectivity index (χ0n) is 18.6. The lowest BCUT2D eigenvalue weighted by atomic mass is 9.44. The average molecular weight is 403 g/mol. The molecule has 4 saturated carbocycles. The molecule has 0 radical (unpaired) electrons. The van der Waals surface area contributed by atoms with Gasteiger partial charge in [-0.1, -0.05) is 20.8 Å². The summed E-state index contributed by atoms with van der Waals surface area (Å²) in [5.41, 5.74) is 0.631. The second-order valence-electron chi connectivity index (χ2n) is 11.5. The second kappa shape index (κ2) is 6.80. The third-order valence-electron chi connectivity index (χ3n) is 10.6. The Morgan fingerprint density at radius 3 is 2.72 bits per heavy atom. The highest BCUT2D eigenvalue weighted by molar-refractivity contribution is 5.87. The molecule has 0 aromatic rings. The van der Waals surface area contributed by atoms with Crippen LogP contribution in [-0.4, -0.2) is 31.1 Å². The van der Waals surface area contributed by atoms with Crippen LogP contribution in [0.3, 0.4) is 0 Å². The Labute approximate surface area is 175 Å². The summed E-state index contributed by atoms with van der Waals surface area (Å²) in [4.78, 5) is 24.0. The fourth-order valence-corrected chi connectivity index (χ4v) is 9.05. The second-order valence-corrected chi connectivity index (χ2v) is 11.5. The molecule has 4 heteroatoms. The van der Waals surface area contributed by atoms with Crippen LogP contribution in [0.25, 0.3) is 0 Å². The van der Waals surface area contributed by atoms with Gasteiger partial charge in [0.25, 0.3) is 0 Å². The number of epoxide rings is 1. The van der Waals surface area contributed by atoms with E-state index in [0.717, 1.165) is 36.5 Å². The van der Waals surface area contributed by atoms with Crippen molar-refractivity contribution in [2.45, 2.75) is 90.8 Å². The number of methoxy groups -OCH3 is 1. The maximum absolute atomic E-state index is 12.3. The molecule has 0 aromatic heterocycles. The predicted octanol–water partition coefficient (Wildman–Crippen LogP) is 4.79. The number of fused-ring (bicyclic) bond motifs is 7. The predicted molar refractivity (Wildman–Crippen MR) is 110 cm³/mol. The Morgan fingerprint density at radius 2 is 1.97 bits per heavy atom. The topological polar surface area (TPSA) is 55.9 Å². The molecule has 29 heavy (non-hydrogen) atoms. The first kappa shape index (κ1) is 20.0. The summed E-state index contributed by atoms with van der Waals surface area (Å²) in [6, 6.07) is 0. The van der Waals surface area contributed by atoms with Crippen LogP contribution in [0.5, 0.6) is 0 Å². The smallest absolute Gasteiger partial charge is 0.305 e. The molecule has 0 spiro atoms. The summed E-state index contributed by atoms with van der Waals surface area (Å²) in [6.07, 6.45) is 10.2. The first-order chi connectivity index (χ1) is 13.8. The molecule has 0 aromatic carbocycles. The van der Waals surface area contributed by atoms with Crippen LogP contribution in [0, 0.1) is 46.3 Å². The van der Waals surface area contributed by atoms with Gasteiger partial charge in [-0.25, -0.2) is 0 Å². The van der Waals surface area contributed by atoms with E-state index >= 15 is 0 Å². The van der Waals surface area contributed by atoms with E-state index in [0.29, 0.717) is 29.5 Å². The molecule has 1 heterocycles. The number of ketones is 1. The molecule has 4 nitrogen and oxygen atoms in total. The Kier molecular flexibility index (Phi) is 4.70. The van der Waals surface area contributed by atoms with Gasteiger partial charge in [0.1, 0.15) is 6.10 Å². The molecule has 1 aliphatic heterocycles. The van der Waals surface area contributed by atoms with Gasteiger partial charge in [0.15, 0.2) is 5.78 Å². The van der Waals surface area contributed by atoms with Crippen LogP contribution in [0.1, 0.15) is 78.6 Å². The monoisotopic (exact) mass is 402 g/mol. The molecule has 162 valence electrons. The van der Waals surface area contributed by atoms with Crippen molar-refractivity contribution in [3.63, 3.8) is 0 Å². The number of hydrogen-bond acceptors (Lipinski definition) is 4. The quantitative estimate of drug-likeness (QED) is 0.501. The number of rotatable bonds is 4. The Morgan fingerprint density at radius 1 is 1.17 bits per heavy atom. The summed E-state index contributed by atoms with van der Waals surface area (Å²) < 4.78 is 10.9. The molecular formula is C25H38O4. The molecule has 0 unspecified atom stereocenters. The summed E-state index contributed by atoms with van der Waals surface area (Å²) in [5, 5.41) is 0. The van der Waals surface area contributed by atoms with Crippen molar-refractivity contribution in [3.05, 3.63) is 0 Å². The molecule has 4 aliphatic carbocycles. The van der Waals surface area contributed by atoms with Crippen LogP contribution in [0.2, 0.25) is 0 Å². The van der Waals surface area contributed by atoms with Crippen LogP contribution in [0.4, 0.5) is 0 Å². The van der Waals surface area contributed by atoms with E-state index in [1.165, 1.54) is 45.6 Å². The van der Waals surface area contributed by atoms with Gasteiger partial charge in [-0.3, -0.25) is 9.59 Å². The van der Waals surface area contributed by atoms with Crippen molar-refractivity contribution in [2.75, 3.05) is 7.11 Å². The summed E-state index contributed by atoms with van der Waals surface area (Å²) in [7, 11) is 1.49. The van der Waals surface area contributed by atoms with E-state index in [4.69, 9.17) is 9.47 Å². The van der Waals surface area contributed by atoms with Gasteiger partial charge >= 0.3 is 5.97 Å².